The highest BCUT2D eigenvalue weighted by Gasteiger charge is 2.17. The van der Waals surface area contributed by atoms with Gasteiger partial charge in [0.25, 0.3) is 5.91 Å². The summed E-state index contributed by atoms with van der Waals surface area (Å²) in [6.07, 6.45) is 3.00. The predicted molar refractivity (Wildman–Crippen MR) is 112 cm³/mol. The van der Waals surface area contributed by atoms with Crippen molar-refractivity contribution in [1.82, 2.24) is 14.8 Å². The molecule has 0 radical (unpaired) electrons. The van der Waals surface area contributed by atoms with Crippen molar-refractivity contribution in [2.75, 3.05) is 19.0 Å². The monoisotopic (exact) mass is 415 g/mol. The molecule has 9 heteroatoms. The molecule has 0 saturated carbocycles. The number of carbonyl (C=O) groups is 1. The Kier molecular flexibility index (Phi) is 6.36. The number of amides is 1. The number of hydrogen-bond acceptors (Lipinski definition) is 6. The van der Waals surface area contributed by atoms with Crippen LogP contribution in [-0.2, 0) is 4.74 Å². The van der Waals surface area contributed by atoms with E-state index in [1.165, 1.54) is 12.3 Å². The van der Waals surface area contributed by atoms with Crippen LogP contribution in [0.3, 0.4) is 0 Å². The zero-order valence-electron chi connectivity index (χ0n) is 16.3. The molecule has 0 aliphatic carbocycles. The lowest BCUT2D eigenvalue weighted by atomic mass is 10.1. The molecule has 2 aromatic heterocycles. The predicted octanol–water partition coefficient (Wildman–Crippen LogP) is 4.00. The zero-order valence-corrected chi connectivity index (χ0v) is 17.1. The molecule has 152 valence electrons. The molecule has 2 heterocycles. The first-order chi connectivity index (χ1) is 13.9. The highest BCUT2D eigenvalue weighted by molar-refractivity contribution is 6.29. The van der Waals surface area contributed by atoms with Crippen LogP contribution in [0.5, 0.6) is 5.75 Å². The largest absolute Gasteiger partial charge is 0.494 e. The van der Waals surface area contributed by atoms with Crippen LogP contribution in [0.4, 0.5) is 11.4 Å². The van der Waals surface area contributed by atoms with Crippen LogP contribution in [0.15, 0.2) is 42.7 Å². The molecule has 1 amide bonds. The lowest BCUT2D eigenvalue weighted by molar-refractivity contribution is 0.0161. The van der Waals surface area contributed by atoms with Crippen LogP contribution >= 0.6 is 11.6 Å². The van der Waals surface area contributed by atoms with Gasteiger partial charge >= 0.3 is 0 Å². The van der Waals surface area contributed by atoms with Gasteiger partial charge in [0.15, 0.2) is 5.75 Å². The fraction of sp³-hybridized carbons (Fsp3) is 0.250. The number of rotatable bonds is 8. The summed E-state index contributed by atoms with van der Waals surface area (Å²) in [5, 5.41) is 7.99. The summed E-state index contributed by atoms with van der Waals surface area (Å²) >= 11 is 5.99. The van der Waals surface area contributed by atoms with E-state index in [1.807, 2.05) is 44.3 Å². The first kappa shape index (κ1) is 20.6. The molecule has 3 rings (SSSR count). The number of pyridine rings is 1. The molecule has 3 N–H and O–H groups in total. The Morgan fingerprint density at radius 1 is 1.34 bits per heavy atom. The van der Waals surface area contributed by atoms with Crippen molar-refractivity contribution >= 4 is 28.9 Å². The summed E-state index contributed by atoms with van der Waals surface area (Å²) in [6, 6.07) is 9.00. The lowest BCUT2D eigenvalue weighted by Crippen LogP contribution is -2.14. The van der Waals surface area contributed by atoms with Crippen molar-refractivity contribution < 1.29 is 14.3 Å². The average molecular weight is 416 g/mol. The second-order valence-electron chi connectivity index (χ2n) is 6.16. The fourth-order valence-corrected chi connectivity index (χ4v) is 3.09. The van der Waals surface area contributed by atoms with Crippen molar-refractivity contribution in [3.8, 4) is 17.0 Å². The van der Waals surface area contributed by atoms with Gasteiger partial charge in [-0.3, -0.25) is 4.79 Å². The van der Waals surface area contributed by atoms with E-state index in [0.717, 1.165) is 11.3 Å². The van der Waals surface area contributed by atoms with E-state index in [0.29, 0.717) is 23.7 Å². The Balaban J connectivity index is 2.00. The quantitative estimate of drug-likeness (QED) is 0.539. The van der Waals surface area contributed by atoms with Gasteiger partial charge in [-0.15, -0.1) is 0 Å². The summed E-state index contributed by atoms with van der Waals surface area (Å²) < 4.78 is 13.0. The number of halogens is 1. The summed E-state index contributed by atoms with van der Waals surface area (Å²) in [5.41, 5.74) is 8.23. The van der Waals surface area contributed by atoms with Gasteiger partial charge in [-0.1, -0.05) is 17.7 Å². The number of anilines is 2. The molecule has 0 aliphatic heterocycles. The van der Waals surface area contributed by atoms with Crippen molar-refractivity contribution in [1.29, 1.82) is 0 Å². The minimum atomic E-state index is -0.615. The van der Waals surface area contributed by atoms with Crippen LogP contribution < -0.4 is 15.8 Å². The number of aromatic nitrogens is 3. The number of carbonyl (C=O) groups excluding carboxylic acids is 1. The van der Waals surface area contributed by atoms with E-state index < -0.39 is 5.91 Å². The van der Waals surface area contributed by atoms with Crippen LogP contribution in [-0.4, -0.2) is 34.4 Å². The average Bonchev–Trinajstić information content (AvgIpc) is 3.18. The molecule has 0 bridgehead atoms. The molecule has 1 unspecified atom stereocenters. The van der Waals surface area contributed by atoms with Gasteiger partial charge in [0, 0.05) is 24.6 Å². The second-order valence-corrected chi connectivity index (χ2v) is 6.55. The van der Waals surface area contributed by atoms with E-state index in [4.69, 9.17) is 26.8 Å². The van der Waals surface area contributed by atoms with Crippen molar-refractivity contribution in [2.45, 2.75) is 20.1 Å². The number of para-hydroxylation sites is 1. The Labute approximate surface area is 173 Å². The van der Waals surface area contributed by atoms with Crippen LogP contribution in [0, 0.1) is 0 Å². The SMILES string of the molecule is CCOC(C)n1ccc(-c2cccc(Nc3cc(Cl)ncc3C(N)=O)c2OC)n1. The van der Waals surface area contributed by atoms with Gasteiger partial charge in [-0.25, -0.2) is 9.67 Å². The Hall–Kier alpha value is -3.10. The molecule has 29 heavy (non-hydrogen) atoms. The van der Waals surface area contributed by atoms with E-state index >= 15 is 0 Å². The third-order valence-electron chi connectivity index (χ3n) is 4.29. The molecule has 0 fully saturated rings. The maximum absolute atomic E-state index is 11.7. The van der Waals surface area contributed by atoms with Gasteiger partial charge in [-0.05, 0) is 38.1 Å². The van der Waals surface area contributed by atoms with E-state index in [1.54, 1.807) is 11.8 Å². The Morgan fingerprint density at radius 3 is 2.83 bits per heavy atom. The highest BCUT2D eigenvalue weighted by atomic mass is 35.5. The number of primary amides is 1. The number of hydrogen-bond donors (Lipinski definition) is 2. The van der Waals surface area contributed by atoms with Crippen LogP contribution in [0.2, 0.25) is 5.15 Å². The topological polar surface area (TPSA) is 104 Å². The molecule has 0 aliphatic rings. The standard InChI is InChI=1S/C20H22ClN5O3/c1-4-29-12(2)26-9-8-15(25-26)13-6-5-7-16(19(13)28-3)24-17-10-18(21)23-11-14(17)20(22)27/h5-12H,4H2,1-3H3,(H2,22,27)(H,23,24). The molecule has 8 nitrogen and oxygen atoms in total. The molecule has 0 spiro atoms. The first-order valence-electron chi connectivity index (χ1n) is 9.01. The van der Waals surface area contributed by atoms with Gasteiger partial charge in [0.05, 0.1) is 29.7 Å². The third kappa shape index (κ3) is 4.49. The summed E-state index contributed by atoms with van der Waals surface area (Å²) in [4.78, 5) is 15.6. The van der Waals surface area contributed by atoms with Crippen LogP contribution in [0.1, 0.15) is 30.4 Å². The molecule has 3 aromatic rings. The summed E-state index contributed by atoms with van der Waals surface area (Å²) in [7, 11) is 1.57. The van der Waals surface area contributed by atoms with Crippen molar-refractivity contribution in [2.24, 2.45) is 5.73 Å². The van der Waals surface area contributed by atoms with Crippen molar-refractivity contribution in [3.63, 3.8) is 0 Å². The maximum Gasteiger partial charge on any atom is 0.252 e. The first-order valence-corrected chi connectivity index (χ1v) is 9.38. The number of ether oxygens (including phenoxy) is 2. The highest BCUT2D eigenvalue weighted by Crippen LogP contribution is 2.38. The van der Waals surface area contributed by atoms with Gasteiger partial charge in [0.1, 0.15) is 11.4 Å². The number of methoxy groups -OCH3 is 1. The normalized spacial score (nSPS) is 11.9. The third-order valence-corrected chi connectivity index (χ3v) is 4.50. The molecule has 1 atom stereocenters. The number of nitrogens with two attached hydrogens (primary N) is 1. The Morgan fingerprint density at radius 2 is 2.14 bits per heavy atom. The van der Waals surface area contributed by atoms with E-state index in [2.05, 4.69) is 15.4 Å². The second kappa shape index (κ2) is 8.93. The molecule has 1 aromatic carbocycles. The number of nitrogens with one attached hydrogen (secondary N) is 1. The maximum atomic E-state index is 11.7. The Bertz CT molecular complexity index is 1020. The molecule has 0 saturated heterocycles. The zero-order chi connectivity index (χ0) is 21.0. The van der Waals surface area contributed by atoms with E-state index in [-0.39, 0.29) is 16.9 Å². The van der Waals surface area contributed by atoms with Crippen molar-refractivity contribution in [3.05, 3.63) is 53.4 Å². The van der Waals surface area contributed by atoms with Gasteiger partial charge in [-0.2, -0.15) is 5.10 Å². The van der Waals surface area contributed by atoms with Gasteiger partial charge in [0.2, 0.25) is 0 Å². The summed E-state index contributed by atoms with van der Waals surface area (Å²) in [5.74, 6) is -0.0550. The van der Waals surface area contributed by atoms with E-state index in [9.17, 15) is 4.79 Å². The minimum Gasteiger partial charge on any atom is -0.494 e. The lowest BCUT2D eigenvalue weighted by Gasteiger charge is -2.16. The summed E-state index contributed by atoms with van der Waals surface area (Å²) in [6.45, 7) is 4.45. The number of nitrogens with zero attached hydrogens (tertiary/aromatic N) is 3. The number of benzene rings is 1. The molecular formula is C20H22ClN5O3. The molecular weight excluding hydrogens is 394 g/mol. The smallest absolute Gasteiger partial charge is 0.252 e. The minimum absolute atomic E-state index is 0.182. The van der Waals surface area contributed by atoms with Crippen LogP contribution in [0.25, 0.3) is 11.3 Å². The van der Waals surface area contributed by atoms with Gasteiger partial charge < -0.3 is 20.5 Å². The fourth-order valence-electron chi connectivity index (χ4n) is 2.93.